The summed E-state index contributed by atoms with van der Waals surface area (Å²) in [5.74, 6) is -0.216. The predicted molar refractivity (Wildman–Crippen MR) is 143 cm³/mol. The number of carboxylic acid groups (broad SMARTS) is 1. The van der Waals surface area contributed by atoms with Gasteiger partial charge in [0, 0.05) is 16.4 Å². The van der Waals surface area contributed by atoms with Crippen molar-refractivity contribution in [1.29, 1.82) is 0 Å². The maximum atomic E-state index is 12.8. The molecule has 1 amide bonds. The van der Waals surface area contributed by atoms with Gasteiger partial charge in [-0.15, -0.1) is 11.3 Å². The number of nitrogens with zero attached hydrogens (tertiary/aromatic N) is 1. The quantitative estimate of drug-likeness (QED) is 0.303. The number of nitrogens with one attached hydrogen (secondary N) is 1. The van der Waals surface area contributed by atoms with Gasteiger partial charge in [-0.05, 0) is 72.7 Å². The highest BCUT2D eigenvalue weighted by Gasteiger charge is 2.29. The number of fused-ring (bicyclic) bond motifs is 1. The molecule has 7 heteroatoms. The number of amides is 1. The van der Waals surface area contributed by atoms with E-state index in [1.807, 2.05) is 78.9 Å². The molecule has 1 aromatic heterocycles. The molecule has 2 heterocycles. The van der Waals surface area contributed by atoms with E-state index in [2.05, 4.69) is 10.2 Å². The van der Waals surface area contributed by atoms with E-state index in [1.165, 1.54) is 11.3 Å². The number of aromatic carboxylic acids is 1. The third-order valence-corrected chi connectivity index (χ3v) is 7.77. The Bertz CT molecular complexity index is 1350. The van der Waals surface area contributed by atoms with Gasteiger partial charge in [0.25, 0.3) is 0 Å². The number of hydrogen-bond acceptors (Lipinski definition) is 5. The summed E-state index contributed by atoms with van der Waals surface area (Å²) < 4.78 is 6.81. The van der Waals surface area contributed by atoms with Crippen LogP contribution in [0.2, 0.25) is 0 Å². The molecule has 2 N–H and O–H groups in total. The van der Waals surface area contributed by atoms with Crippen molar-refractivity contribution in [2.24, 2.45) is 0 Å². The molecule has 1 atom stereocenters. The summed E-state index contributed by atoms with van der Waals surface area (Å²) >= 11 is 1.33. The first-order valence-electron chi connectivity index (χ1n) is 12.1. The van der Waals surface area contributed by atoms with Gasteiger partial charge in [-0.3, -0.25) is 9.69 Å². The van der Waals surface area contributed by atoms with Crippen molar-refractivity contribution in [3.8, 4) is 5.75 Å². The number of likely N-dealkylation sites (tertiary alicyclic amines) is 1. The maximum Gasteiger partial charge on any atom is 0.346 e. The fourth-order valence-corrected chi connectivity index (χ4v) is 5.88. The van der Waals surface area contributed by atoms with Crippen LogP contribution in [0.1, 0.15) is 33.6 Å². The van der Waals surface area contributed by atoms with Crippen LogP contribution in [0.25, 0.3) is 10.1 Å². The number of ether oxygens (including phenoxy) is 1. The highest BCUT2D eigenvalue weighted by atomic mass is 32.1. The molecule has 1 aliphatic heterocycles. The largest absolute Gasteiger partial charge is 0.489 e. The Labute approximate surface area is 214 Å². The lowest BCUT2D eigenvalue weighted by Crippen LogP contribution is -2.38. The van der Waals surface area contributed by atoms with E-state index in [1.54, 1.807) is 0 Å². The summed E-state index contributed by atoms with van der Waals surface area (Å²) in [6, 6.07) is 25.3. The number of hydrogen-bond donors (Lipinski definition) is 2. The molecule has 36 heavy (non-hydrogen) atoms. The number of carbonyl (C=O) groups excluding carboxylic acids is 1. The Morgan fingerprint density at radius 2 is 1.75 bits per heavy atom. The second kappa shape index (κ2) is 10.9. The van der Waals surface area contributed by atoms with E-state index < -0.39 is 5.97 Å². The minimum Gasteiger partial charge on any atom is -0.489 e. The zero-order chi connectivity index (χ0) is 24.9. The van der Waals surface area contributed by atoms with Gasteiger partial charge in [0.1, 0.15) is 17.2 Å². The predicted octanol–water partition coefficient (Wildman–Crippen LogP) is 5.82. The smallest absolute Gasteiger partial charge is 0.346 e. The number of thiophene rings is 1. The normalized spacial score (nSPS) is 15.7. The lowest BCUT2D eigenvalue weighted by molar-refractivity contribution is -0.117. The van der Waals surface area contributed by atoms with Crippen molar-refractivity contribution in [2.75, 3.05) is 18.4 Å². The Balaban J connectivity index is 1.19. The van der Waals surface area contributed by atoms with Gasteiger partial charge >= 0.3 is 5.97 Å². The molecular formula is C29H28N2O4S. The van der Waals surface area contributed by atoms with Crippen LogP contribution in [0.15, 0.2) is 78.9 Å². The Kier molecular flexibility index (Phi) is 7.30. The average Bonchev–Trinajstić information content (AvgIpc) is 3.49. The lowest BCUT2D eigenvalue weighted by Gasteiger charge is -2.24. The molecule has 1 fully saturated rings. The topological polar surface area (TPSA) is 78.9 Å². The van der Waals surface area contributed by atoms with Crippen LogP contribution in [0.4, 0.5) is 5.69 Å². The van der Waals surface area contributed by atoms with Crippen LogP contribution < -0.4 is 10.1 Å². The SMILES string of the molecule is O=C(CN1CCC[C@@H]1Cc1c(C(=O)O)sc2ccccc12)Nc1ccc(OCc2ccccc2)cc1. The lowest BCUT2D eigenvalue weighted by atomic mass is 10.0. The summed E-state index contributed by atoms with van der Waals surface area (Å²) in [6.45, 7) is 1.60. The van der Waals surface area contributed by atoms with Crippen molar-refractivity contribution in [3.05, 3.63) is 94.9 Å². The van der Waals surface area contributed by atoms with Crippen LogP contribution in [-0.4, -0.2) is 41.0 Å². The van der Waals surface area contributed by atoms with E-state index in [9.17, 15) is 14.7 Å². The number of rotatable bonds is 9. The monoisotopic (exact) mass is 500 g/mol. The first-order chi connectivity index (χ1) is 17.6. The van der Waals surface area contributed by atoms with Crippen molar-refractivity contribution >= 4 is 39.0 Å². The fraction of sp³-hybridized carbons (Fsp3) is 0.241. The van der Waals surface area contributed by atoms with Crippen molar-refractivity contribution in [3.63, 3.8) is 0 Å². The van der Waals surface area contributed by atoms with Gasteiger partial charge in [-0.25, -0.2) is 4.79 Å². The zero-order valence-electron chi connectivity index (χ0n) is 19.9. The Hall–Kier alpha value is -3.68. The van der Waals surface area contributed by atoms with Crippen molar-refractivity contribution < 1.29 is 19.4 Å². The molecule has 4 aromatic rings. The summed E-state index contributed by atoms with van der Waals surface area (Å²) in [6.07, 6.45) is 2.58. The molecule has 184 valence electrons. The Morgan fingerprint density at radius 1 is 1.00 bits per heavy atom. The molecule has 0 radical (unpaired) electrons. The summed E-state index contributed by atoms with van der Waals surface area (Å²) in [4.78, 5) is 27.3. The van der Waals surface area contributed by atoms with E-state index >= 15 is 0 Å². The first kappa shape index (κ1) is 24.0. The standard InChI is InChI=1S/C29H28N2O4S/c32-27(30-21-12-14-23(15-13-21)35-19-20-7-2-1-3-8-20)18-31-16-6-9-22(31)17-25-24-10-4-5-11-26(24)36-28(25)29(33)34/h1-5,7-8,10-15,22H,6,9,16-19H2,(H,30,32)(H,33,34)/t22-/m1/s1. The molecule has 0 bridgehead atoms. The fourth-order valence-electron chi connectivity index (χ4n) is 4.80. The summed E-state index contributed by atoms with van der Waals surface area (Å²) in [5, 5.41) is 13.7. The minimum atomic E-state index is -0.885. The number of carboxylic acids is 1. The van der Waals surface area contributed by atoms with Crippen LogP contribution in [0, 0.1) is 0 Å². The third-order valence-electron chi connectivity index (χ3n) is 6.56. The molecule has 6 nitrogen and oxygen atoms in total. The maximum absolute atomic E-state index is 12.8. The minimum absolute atomic E-state index is 0.0755. The molecule has 0 saturated carbocycles. The van der Waals surface area contributed by atoms with E-state index in [0.29, 0.717) is 17.9 Å². The highest BCUT2D eigenvalue weighted by Crippen LogP contribution is 2.34. The second-order valence-electron chi connectivity index (χ2n) is 9.03. The van der Waals surface area contributed by atoms with E-state index in [0.717, 1.165) is 52.0 Å². The van der Waals surface area contributed by atoms with E-state index in [-0.39, 0.29) is 18.5 Å². The number of benzene rings is 3. The molecule has 1 saturated heterocycles. The average molecular weight is 501 g/mol. The molecule has 1 aliphatic rings. The van der Waals surface area contributed by atoms with E-state index in [4.69, 9.17) is 4.74 Å². The van der Waals surface area contributed by atoms with Crippen LogP contribution in [0.3, 0.4) is 0 Å². The van der Waals surface area contributed by atoms with Gasteiger partial charge in [0.15, 0.2) is 0 Å². The van der Waals surface area contributed by atoms with Gasteiger partial charge in [-0.1, -0.05) is 48.5 Å². The van der Waals surface area contributed by atoms with Gasteiger partial charge in [-0.2, -0.15) is 0 Å². The van der Waals surface area contributed by atoms with Gasteiger partial charge in [0.2, 0.25) is 5.91 Å². The van der Waals surface area contributed by atoms with Crippen molar-refractivity contribution in [2.45, 2.75) is 31.9 Å². The van der Waals surface area contributed by atoms with Gasteiger partial charge in [0.05, 0.1) is 6.54 Å². The van der Waals surface area contributed by atoms with Crippen LogP contribution in [0.5, 0.6) is 5.75 Å². The van der Waals surface area contributed by atoms with Gasteiger partial charge < -0.3 is 15.2 Å². The molecule has 0 aliphatic carbocycles. The first-order valence-corrected chi connectivity index (χ1v) is 12.9. The highest BCUT2D eigenvalue weighted by molar-refractivity contribution is 7.21. The summed E-state index contributed by atoms with van der Waals surface area (Å²) in [7, 11) is 0. The van der Waals surface area contributed by atoms with Crippen LogP contribution >= 0.6 is 11.3 Å². The van der Waals surface area contributed by atoms with Crippen LogP contribution in [-0.2, 0) is 17.8 Å². The molecule has 0 spiro atoms. The van der Waals surface area contributed by atoms with Crippen molar-refractivity contribution in [1.82, 2.24) is 4.90 Å². The number of carbonyl (C=O) groups is 2. The second-order valence-corrected chi connectivity index (χ2v) is 10.1. The summed E-state index contributed by atoms with van der Waals surface area (Å²) in [5.41, 5.74) is 2.70. The molecule has 5 rings (SSSR count). The molecule has 0 unspecified atom stereocenters. The number of anilines is 1. The zero-order valence-corrected chi connectivity index (χ0v) is 20.7. The molecule has 3 aromatic carbocycles. The third kappa shape index (κ3) is 5.58. The molecular weight excluding hydrogens is 472 g/mol. The Morgan fingerprint density at radius 3 is 2.53 bits per heavy atom.